The molecule has 2 aromatic rings. The van der Waals surface area contributed by atoms with Crippen molar-refractivity contribution in [2.45, 2.75) is 6.92 Å². The lowest BCUT2D eigenvalue weighted by atomic mass is 10.2. The van der Waals surface area contributed by atoms with Gasteiger partial charge in [0, 0.05) is 36.9 Å². The first kappa shape index (κ1) is 14.8. The lowest BCUT2D eigenvalue weighted by Gasteiger charge is -2.10. The smallest absolute Gasteiger partial charge is 0.259 e. The van der Waals surface area contributed by atoms with E-state index in [1.54, 1.807) is 32.3 Å². The molecule has 0 spiro atoms. The molecule has 0 saturated heterocycles. The minimum absolute atomic E-state index is 0.160. The summed E-state index contributed by atoms with van der Waals surface area (Å²) in [5.41, 5.74) is 1.38. The predicted molar refractivity (Wildman–Crippen MR) is 79.3 cm³/mol. The van der Waals surface area contributed by atoms with E-state index in [9.17, 15) is 9.18 Å². The number of halogens is 1. The van der Waals surface area contributed by atoms with E-state index in [0.29, 0.717) is 23.5 Å². The number of aromatic nitrogens is 1. The Morgan fingerprint density at radius 3 is 2.86 bits per heavy atom. The van der Waals surface area contributed by atoms with Crippen LogP contribution in [0.2, 0.25) is 0 Å². The molecule has 0 aliphatic rings. The van der Waals surface area contributed by atoms with Gasteiger partial charge >= 0.3 is 0 Å². The van der Waals surface area contributed by atoms with Crippen LogP contribution in [0.15, 0.2) is 36.7 Å². The summed E-state index contributed by atoms with van der Waals surface area (Å²) in [5, 5.41) is 5.53. The van der Waals surface area contributed by atoms with Crippen LogP contribution in [0.5, 0.6) is 5.75 Å². The van der Waals surface area contributed by atoms with E-state index in [1.807, 2.05) is 0 Å². The number of anilines is 2. The van der Waals surface area contributed by atoms with Crippen LogP contribution in [0, 0.1) is 5.82 Å². The van der Waals surface area contributed by atoms with Crippen molar-refractivity contribution >= 4 is 17.3 Å². The van der Waals surface area contributed by atoms with Gasteiger partial charge in [-0.15, -0.1) is 0 Å². The van der Waals surface area contributed by atoms with Crippen molar-refractivity contribution in [2.75, 3.05) is 24.3 Å². The Morgan fingerprint density at radius 2 is 2.19 bits per heavy atom. The van der Waals surface area contributed by atoms with Gasteiger partial charge in [0.25, 0.3) is 5.91 Å². The molecule has 1 amide bonds. The van der Waals surface area contributed by atoms with Crippen molar-refractivity contribution in [2.24, 2.45) is 0 Å². The van der Waals surface area contributed by atoms with Gasteiger partial charge in [-0.05, 0) is 25.1 Å². The van der Waals surface area contributed by atoms with Gasteiger partial charge in [0.15, 0.2) is 11.6 Å². The van der Waals surface area contributed by atoms with Gasteiger partial charge in [-0.3, -0.25) is 9.78 Å². The van der Waals surface area contributed by atoms with Crippen LogP contribution >= 0.6 is 0 Å². The molecule has 0 aliphatic carbocycles. The van der Waals surface area contributed by atoms with E-state index >= 15 is 0 Å². The number of carbonyl (C=O) groups is 1. The summed E-state index contributed by atoms with van der Waals surface area (Å²) < 4.78 is 18.8. The summed E-state index contributed by atoms with van der Waals surface area (Å²) in [5.74, 6) is -0.724. The van der Waals surface area contributed by atoms with Gasteiger partial charge in [0.1, 0.15) is 0 Å². The van der Waals surface area contributed by atoms with Crippen molar-refractivity contribution in [3.63, 3.8) is 0 Å². The molecule has 21 heavy (non-hydrogen) atoms. The topological polar surface area (TPSA) is 63.2 Å². The Morgan fingerprint density at radius 1 is 1.38 bits per heavy atom. The monoisotopic (exact) mass is 289 g/mol. The molecule has 5 nitrogen and oxygen atoms in total. The fraction of sp³-hybridized carbons (Fsp3) is 0.200. The molecule has 0 aliphatic heterocycles. The molecule has 0 bridgehead atoms. The van der Waals surface area contributed by atoms with Gasteiger partial charge in [0.2, 0.25) is 0 Å². The number of amides is 1. The van der Waals surface area contributed by atoms with Crippen LogP contribution in [0.1, 0.15) is 17.3 Å². The average Bonchev–Trinajstić information content (AvgIpc) is 2.50. The van der Waals surface area contributed by atoms with Gasteiger partial charge < -0.3 is 15.4 Å². The zero-order chi connectivity index (χ0) is 15.2. The van der Waals surface area contributed by atoms with E-state index in [2.05, 4.69) is 15.6 Å². The normalized spacial score (nSPS) is 10.0. The molecule has 2 N–H and O–H groups in total. The first-order valence-electron chi connectivity index (χ1n) is 6.51. The van der Waals surface area contributed by atoms with Crippen molar-refractivity contribution in [3.8, 4) is 5.75 Å². The Kier molecular flexibility index (Phi) is 4.71. The lowest BCUT2D eigenvalue weighted by molar-refractivity contribution is 0.102. The second-order valence-corrected chi connectivity index (χ2v) is 4.20. The number of nitrogens with one attached hydrogen (secondary N) is 2. The Balaban J connectivity index is 2.18. The summed E-state index contributed by atoms with van der Waals surface area (Å²) in [7, 11) is 1.71. The molecule has 0 radical (unpaired) electrons. The molecular formula is C15H16FN3O2. The Labute approximate surface area is 122 Å². The molecule has 1 aromatic carbocycles. The van der Waals surface area contributed by atoms with E-state index in [1.165, 1.54) is 18.3 Å². The number of hydrogen-bond acceptors (Lipinski definition) is 4. The van der Waals surface area contributed by atoms with Crippen LogP contribution in [0.4, 0.5) is 15.8 Å². The Bertz CT molecular complexity index is 647. The van der Waals surface area contributed by atoms with Crippen molar-refractivity contribution in [3.05, 3.63) is 48.0 Å². The van der Waals surface area contributed by atoms with Crippen LogP contribution in [-0.2, 0) is 0 Å². The highest BCUT2D eigenvalue weighted by molar-refractivity contribution is 6.07. The van der Waals surface area contributed by atoms with Gasteiger partial charge in [-0.2, -0.15) is 0 Å². The third kappa shape index (κ3) is 3.47. The molecule has 0 fully saturated rings. The van der Waals surface area contributed by atoms with Gasteiger partial charge in [0.05, 0.1) is 12.2 Å². The third-order valence-electron chi connectivity index (χ3n) is 2.82. The zero-order valence-electron chi connectivity index (χ0n) is 11.8. The van der Waals surface area contributed by atoms with Crippen molar-refractivity contribution in [1.29, 1.82) is 0 Å². The summed E-state index contributed by atoms with van der Waals surface area (Å²) in [6.07, 6.45) is 3.03. The number of ether oxygens (including phenoxy) is 1. The minimum atomic E-state index is -0.519. The van der Waals surface area contributed by atoms with E-state index in [-0.39, 0.29) is 11.7 Å². The second-order valence-electron chi connectivity index (χ2n) is 4.20. The average molecular weight is 289 g/mol. The van der Waals surface area contributed by atoms with E-state index in [0.717, 1.165) is 0 Å². The number of carbonyl (C=O) groups excluding carboxylic acids is 1. The fourth-order valence-electron chi connectivity index (χ4n) is 1.84. The second kappa shape index (κ2) is 6.69. The summed E-state index contributed by atoms with van der Waals surface area (Å²) in [4.78, 5) is 16.1. The first-order chi connectivity index (χ1) is 10.2. The van der Waals surface area contributed by atoms with E-state index in [4.69, 9.17) is 4.74 Å². The highest BCUT2D eigenvalue weighted by Gasteiger charge is 2.12. The maximum absolute atomic E-state index is 13.7. The van der Waals surface area contributed by atoms with Crippen molar-refractivity contribution < 1.29 is 13.9 Å². The molecule has 2 rings (SSSR count). The predicted octanol–water partition coefficient (Wildman–Crippen LogP) is 2.91. The standard InChI is InChI=1S/C15H16FN3O2/c1-3-21-14-5-4-10(8-12(14)16)19-15(20)11-9-18-7-6-13(11)17-2/h4-9H,3H2,1-2H3,(H,17,18)(H,19,20). The molecule has 110 valence electrons. The fourth-order valence-corrected chi connectivity index (χ4v) is 1.84. The number of benzene rings is 1. The maximum Gasteiger partial charge on any atom is 0.259 e. The number of hydrogen-bond donors (Lipinski definition) is 2. The summed E-state index contributed by atoms with van der Waals surface area (Å²) in [6.45, 7) is 2.15. The quantitative estimate of drug-likeness (QED) is 0.888. The van der Waals surface area contributed by atoms with Crippen molar-refractivity contribution in [1.82, 2.24) is 4.98 Å². The number of rotatable bonds is 5. The maximum atomic E-state index is 13.7. The number of pyridine rings is 1. The lowest BCUT2D eigenvalue weighted by Crippen LogP contribution is -2.14. The third-order valence-corrected chi connectivity index (χ3v) is 2.82. The van der Waals surface area contributed by atoms with Crippen LogP contribution < -0.4 is 15.4 Å². The largest absolute Gasteiger partial charge is 0.491 e. The van der Waals surface area contributed by atoms with Gasteiger partial charge in [-0.1, -0.05) is 0 Å². The molecule has 0 atom stereocenters. The molecular weight excluding hydrogens is 273 g/mol. The first-order valence-corrected chi connectivity index (χ1v) is 6.51. The van der Waals surface area contributed by atoms with E-state index < -0.39 is 5.82 Å². The zero-order valence-corrected chi connectivity index (χ0v) is 11.8. The molecule has 6 heteroatoms. The van der Waals surface area contributed by atoms with Crippen LogP contribution in [-0.4, -0.2) is 24.5 Å². The number of nitrogens with zero attached hydrogens (tertiary/aromatic N) is 1. The molecule has 0 saturated carbocycles. The molecule has 1 aromatic heterocycles. The van der Waals surface area contributed by atoms with Crippen LogP contribution in [0.25, 0.3) is 0 Å². The molecule has 0 unspecified atom stereocenters. The highest BCUT2D eigenvalue weighted by Crippen LogP contribution is 2.22. The highest BCUT2D eigenvalue weighted by atomic mass is 19.1. The Hall–Kier alpha value is -2.63. The van der Waals surface area contributed by atoms with Crippen LogP contribution in [0.3, 0.4) is 0 Å². The van der Waals surface area contributed by atoms with Gasteiger partial charge in [-0.25, -0.2) is 4.39 Å². The summed E-state index contributed by atoms with van der Waals surface area (Å²) >= 11 is 0. The minimum Gasteiger partial charge on any atom is -0.491 e. The summed E-state index contributed by atoms with van der Waals surface area (Å²) in [6, 6.07) is 5.98. The molecule has 1 heterocycles. The SMILES string of the molecule is CCOc1ccc(NC(=O)c2cnccc2NC)cc1F.